The zero-order valence-corrected chi connectivity index (χ0v) is 9.05. The number of hydrogen-bond donors (Lipinski definition) is 2. The van der Waals surface area contributed by atoms with E-state index in [4.69, 9.17) is 15.9 Å². The van der Waals surface area contributed by atoms with Crippen LogP contribution in [0.2, 0.25) is 0 Å². The standard InChI is InChI=1S/C13H11N3O/c14-9-3-1-8(2-4-9)10-7-17-11-5-6-16-13(15)12(10)11/h1-7H,14H2,(H2,15,16). The number of hydrogen-bond acceptors (Lipinski definition) is 4. The Morgan fingerprint density at radius 2 is 1.76 bits per heavy atom. The van der Waals surface area contributed by atoms with Gasteiger partial charge in [-0.3, -0.25) is 0 Å². The molecule has 0 radical (unpaired) electrons. The van der Waals surface area contributed by atoms with Crippen molar-refractivity contribution in [3.63, 3.8) is 0 Å². The number of anilines is 2. The van der Waals surface area contributed by atoms with Crippen LogP contribution in [0.1, 0.15) is 0 Å². The van der Waals surface area contributed by atoms with Crippen molar-refractivity contribution in [3.8, 4) is 11.1 Å². The molecule has 0 saturated heterocycles. The Morgan fingerprint density at radius 1 is 1.00 bits per heavy atom. The zero-order chi connectivity index (χ0) is 11.8. The van der Waals surface area contributed by atoms with E-state index in [1.165, 1.54) is 0 Å². The average molecular weight is 225 g/mol. The Balaban J connectivity index is 2.27. The van der Waals surface area contributed by atoms with E-state index in [1.54, 1.807) is 18.5 Å². The predicted molar refractivity (Wildman–Crippen MR) is 68.3 cm³/mol. The predicted octanol–water partition coefficient (Wildman–Crippen LogP) is 2.66. The first kappa shape index (κ1) is 9.72. The number of aromatic nitrogens is 1. The molecule has 3 rings (SSSR count). The first-order chi connectivity index (χ1) is 8.25. The second kappa shape index (κ2) is 3.52. The second-order valence-corrected chi connectivity index (χ2v) is 3.84. The molecule has 4 heteroatoms. The molecule has 0 amide bonds. The normalized spacial score (nSPS) is 10.8. The second-order valence-electron chi connectivity index (χ2n) is 3.84. The van der Waals surface area contributed by atoms with Gasteiger partial charge in [0.05, 0.1) is 11.6 Å². The molecule has 0 fully saturated rings. The lowest BCUT2D eigenvalue weighted by Gasteiger charge is -2.00. The topological polar surface area (TPSA) is 78.1 Å². The van der Waals surface area contributed by atoms with E-state index in [1.807, 2.05) is 24.3 Å². The first-order valence-electron chi connectivity index (χ1n) is 5.23. The van der Waals surface area contributed by atoms with E-state index in [9.17, 15) is 0 Å². The molecular formula is C13H11N3O. The fourth-order valence-electron chi connectivity index (χ4n) is 1.88. The molecule has 4 N–H and O–H groups in total. The lowest BCUT2D eigenvalue weighted by molar-refractivity contribution is 0.616. The molecule has 84 valence electrons. The largest absolute Gasteiger partial charge is 0.463 e. The summed E-state index contributed by atoms with van der Waals surface area (Å²) in [5.74, 6) is 0.475. The molecule has 0 bridgehead atoms. The summed E-state index contributed by atoms with van der Waals surface area (Å²) in [6.07, 6.45) is 3.32. The molecular weight excluding hydrogens is 214 g/mol. The van der Waals surface area contributed by atoms with E-state index in [0.29, 0.717) is 5.82 Å². The number of benzene rings is 1. The van der Waals surface area contributed by atoms with Gasteiger partial charge in [0, 0.05) is 17.4 Å². The molecule has 0 unspecified atom stereocenters. The zero-order valence-electron chi connectivity index (χ0n) is 9.05. The molecule has 4 nitrogen and oxygen atoms in total. The smallest absolute Gasteiger partial charge is 0.139 e. The highest BCUT2D eigenvalue weighted by Gasteiger charge is 2.11. The van der Waals surface area contributed by atoms with Gasteiger partial charge in [0.15, 0.2) is 0 Å². The lowest BCUT2D eigenvalue weighted by atomic mass is 10.1. The summed E-state index contributed by atoms with van der Waals surface area (Å²) in [6.45, 7) is 0. The molecule has 3 aromatic rings. The Hall–Kier alpha value is -2.49. The maximum atomic E-state index is 5.87. The van der Waals surface area contributed by atoms with Gasteiger partial charge in [0.1, 0.15) is 11.4 Å². The number of pyridine rings is 1. The van der Waals surface area contributed by atoms with Crippen LogP contribution in [0.3, 0.4) is 0 Å². The monoisotopic (exact) mass is 225 g/mol. The maximum absolute atomic E-state index is 5.87. The van der Waals surface area contributed by atoms with E-state index in [0.717, 1.165) is 27.8 Å². The number of furan rings is 1. The van der Waals surface area contributed by atoms with Gasteiger partial charge in [0.25, 0.3) is 0 Å². The highest BCUT2D eigenvalue weighted by Crippen LogP contribution is 2.33. The van der Waals surface area contributed by atoms with Crippen LogP contribution in [0.25, 0.3) is 22.1 Å². The number of nitrogens with zero attached hydrogens (tertiary/aromatic N) is 1. The molecule has 0 saturated carbocycles. The van der Waals surface area contributed by atoms with Crippen LogP contribution in [0, 0.1) is 0 Å². The van der Waals surface area contributed by atoms with Crippen LogP contribution in [0.15, 0.2) is 47.2 Å². The number of nitrogen functional groups attached to an aromatic ring is 2. The van der Waals surface area contributed by atoms with Crippen molar-refractivity contribution >= 4 is 22.5 Å². The number of rotatable bonds is 1. The molecule has 1 aromatic carbocycles. The van der Waals surface area contributed by atoms with Crippen molar-refractivity contribution < 1.29 is 4.42 Å². The minimum atomic E-state index is 0.475. The van der Waals surface area contributed by atoms with E-state index in [-0.39, 0.29) is 0 Å². The summed E-state index contributed by atoms with van der Waals surface area (Å²) in [5, 5.41) is 0.845. The van der Waals surface area contributed by atoms with Gasteiger partial charge in [-0.15, -0.1) is 0 Å². The third kappa shape index (κ3) is 1.50. The minimum absolute atomic E-state index is 0.475. The van der Waals surface area contributed by atoms with Gasteiger partial charge in [0.2, 0.25) is 0 Å². The fourth-order valence-corrected chi connectivity index (χ4v) is 1.88. The highest BCUT2D eigenvalue weighted by atomic mass is 16.3. The van der Waals surface area contributed by atoms with Crippen molar-refractivity contribution in [3.05, 3.63) is 42.8 Å². The molecule has 2 heterocycles. The highest BCUT2D eigenvalue weighted by molar-refractivity contribution is 6.00. The summed E-state index contributed by atoms with van der Waals surface area (Å²) >= 11 is 0. The Labute approximate surface area is 97.9 Å². The van der Waals surface area contributed by atoms with Gasteiger partial charge in [-0.25, -0.2) is 4.98 Å². The van der Waals surface area contributed by atoms with Crippen molar-refractivity contribution in [1.82, 2.24) is 4.98 Å². The average Bonchev–Trinajstić information content (AvgIpc) is 2.75. The summed E-state index contributed by atoms with van der Waals surface area (Å²) in [5.41, 5.74) is 15.0. The van der Waals surface area contributed by atoms with E-state index >= 15 is 0 Å². The molecule has 0 atom stereocenters. The van der Waals surface area contributed by atoms with Gasteiger partial charge in [-0.2, -0.15) is 0 Å². The Morgan fingerprint density at radius 3 is 2.53 bits per heavy atom. The molecule has 2 aromatic heterocycles. The van der Waals surface area contributed by atoms with Crippen LogP contribution >= 0.6 is 0 Å². The fraction of sp³-hybridized carbons (Fsp3) is 0. The summed E-state index contributed by atoms with van der Waals surface area (Å²) in [6, 6.07) is 9.37. The van der Waals surface area contributed by atoms with Gasteiger partial charge >= 0.3 is 0 Å². The summed E-state index contributed by atoms with van der Waals surface area (Å²) < 4.78 is 5.46. The SMILES string of the molecule is Nc1ccc(-c2coc3ccnc(N)c23)cc1. The van der Waals surface area contributed by atoms with E-state index in [2.05, 4.69) is 4.98 Å². The van der Waals surface area contributed by atoms with E-state index < -0.39 is 0 Å². The Kier molecular flexibility index (Phi) is 2.01. The van der Waals surface area contributed by atoms with Crippen LogP contribution in [-0.4, -0.2) is 4.98 Å². The van der Waals surface area contributed by atoms with Gasteiger partial charge in [-0.1, -0.05) is 12.1 Å². The third-order valence-corrected chi connectivity index (χ3v) is 2.74. The quantitative estimate of drug-likeness (QED) is 0.624. The molecule has 0 aliphatic heterocycles. The maximum Gasteiger partial charge on any atom is 0.139 e. The van der Waals surface area contributed by atoms with Crippen LogP contribution < -0.4 is 11.5 Å². The molecule has 17 heavy (non-hydrogen) atoms. The molecule has 0 aliphatic rings. The van der Waals surface area contributed by atoms with Crippen LogP contribution in [0.4, 0.5) is 11.5 Å². The first-order valence-corrected chi connectivity index (χ1v) is 5.23. The Bertz CT molecular complexity index is 671. The molecule has 0 aliphatic carbocycles. The van der Waals surface area contributed by atoms with Crippen molar-refractivity contribution in [1.29, 1.82) is 0 Å². The van der Waals surface area contributed by atoms with Crippen molar-refractivity contribution in [2.24, 2.45) is 0 Å². The van der Waals surface area contributed by atoms with Gasteiger partial charge < -0.3 is 15.9 Å². The van der Waals surface area contributed by atoms with Crippen LogP contribution in [-0.2, 0) is 0 Å². The minimum Gasteiger partial charge on any atom is -0.463 e. The third-order valence-electron chi connectivity index (χ3n) is 2.74. The number of nitrogens with two attached hydrogens (primary N) is 2. The summed E-state index contributed by atoms with van der Waals surface area (Å²) in [7, 11) is 0. The van der Waals surface area contributed by atoms with Crippen molar-refractivity contribution in [2.45, 2.75) is 0 Å². The molecule has 0 spiro atoms. The van der Waals surface area contributed by atoms with Gasteiger partial charge in [-0.05, 0) is 23.8 Å². The van der Waals surface area contributed by atoms with Crippen molar-refractivity contribution in [2.75, 3.05) is 11.5 Å². The summed E-state index contributed by atoms with van der Waals surface area (Å²) in [4.78, 5) is 4.08. The lowest BCUT2D eigenvalue weighted by Crippen LogP contribution is -1.90. The van der Waals surface area contributed by atoms with Crippen LogP contribution in [0.5, 0.6) is 0 Å². The number of fused-ring (bicyclic) bond motifs is 1.